The molecule has 0 unspecified atom stereocenters. The van der Waals surface area contributed by atoms with Crippen LogP contribution >= 0.6 is 0 Å². The van der Waals surface area contributed by atoms with Gasteiger partial charge in [-0.05, 0) is 5.56 Å². The average molecular weight is 191 g/mol. The molecular formula is C10H9NO3. The lowest BCUT2D eigenvalue weighted by atomic mass is 10.1. The molecule has 1 amide bonds. The molecule has 0 bridgehead atoms. The number of carbonyl (C=O) groups is 2. The van der Waals surface area contributed by atoms with Crippen molar-refractivity contribution in [3.05, 3.63) is 35.9 Å². The number of hydrogen-bond donors (Lipinski definition) is 1. The monoisotopic (exact) mass is 191 g/mol. The maximum absolute atomic E-state index is 11.0. The summed E-state index contributed by atoms with van der Waals surface area (Å²) >= 11 is 0. The molecule has 0 saturated carbocycles. The SMILES string of the molecule is O=C1N[C@@H](c2ccccc2)COC1=O. The smallest absolute Gasteiger partial charge is 0.396 e. The van der Waals surface area contributed by atoms with Gasteiger partial charge in [-0.3, -0.25) is 4.79 Å². The highest BCUT2D eigenvalue weighted by Crippen LogP contribution is 2.15. The summed E-state index contributed by atoms with van der Waals surface area (Å²) in [5, 5.41) is 2.57. The number of rotatable bonds is 1. The van der Waals surface area contributed by atoms with E-state index in [1.165, 1.54) is 0 Å². The van der Waals surface area contributed by atoms with Crippen LogP contribution in [0.2, 0.25) is 0 Å². The van der Waals surface area contributed by atoms with Gasteiger partial charge in [-0.1, -0.05) is 30.3 Å². The van der Waals surface area contributed by atoms with Crippen LogP contribution in [0.15, 0.2) is 30.3 Å². The molecule has 0 spiro atoms. The summed E-state index contributed by atoms with van der Waals surface area (Å²) in [5.41, 5.74) is 0.938. The van der Waals surface area contributed by atoms with E-state index in [0.717, 1.165) is 5.56 Å². The fraction of sp³-hybridized carbons (Fsp3) is 0.200. The van der Waals surface area contributed by atoms with Gasteiger partial charge in [0, 0.05) is 0 Å². The molecule has 1 aliphatic rings. The van der Waals surface area contributed by atoms with Gasteiger partial charge in [0.25, 0.3) is 0 Å². The van der Waals surface area contributed by atoms with Crippen LogP contribution in [0.25, 0.3) is 0 Å². The van der Waals surface area contributed by atoms with Crippen molar-refractivity contribution < 1.29 is 14.3 Å². The van der Waals surface area contributed by atoms with E-state index < -0.39 is 11.9 Å². The molecule has 1 aromatic rings. The van der Waals surface area contributed by atoms with Gasteiger partial charge in [0.05, 0.1) is 6.04 Å². The van der Waals surface area contributed by atoms with E-state index in [2.05, 4.69) is 5.32 Å². The van der Waals surface area contributed by atoms with Crippen molar-refractivity contribution in [1.82, 2.24) is 5.32 Å². The van der Waals surface area contributed by atoms with Gasteiger partial charge in [0.1, 0.15) is 6.61 Å². The van der Waals surface area contributed by atoms with Gasteiger partial charge in [-0.15, -0.1) is 0 Å². The number of amides is 1. The third-order valence-corrected chi connectivity index (χ3v) is 2.07. The molecule has 14 heavy (non-hydrogen) atoms. The summed E-state index contributed by atoms with van der Waals surface area (Å²) in [6, 6.07) is 9.17. The first-order valence-corrected chi connectivity index (χ1v) is 4.30. The third kappa shape index (κ3) is 1.59. The summed E-state index contributed by atoms with van der Waals surface area (Å²) < 4.78 is 4.71. The lowest BCUT2D eigenvalue weighted by Crippen LogP contribution is -2.43. The Labute approximate surface area is 80.9 Å². The number of nitrogens with one attached hydrogen (secondary N) is 1. The van der Waals surface area contributed by atoms with Gasteiger partial charge in [-0.2, -0.15) is 0 Å². The van der Waals surface area contributed by atoms with Crippen LogP contribution in [0.3, 0.4) is 0 Å². The van der Waals surface area contributed by atoms with Gasteiger partial charge in [0.15, 0.2) is 0 Å². The van der Waals surface area contributed by atoms with Crippen LogP contribution < -0.4 is 5.32 Å². The van der Waals surface area contributed by atoms with Crippen molar-refractivity contribution in [1.29, 1.82) is 0 Å². The van der Waals surface area contributed by atoms with Crippen molar-refractivity contribution in [3.63, 3.8) is 0 Å². The molecule has 0 radical (unpaired) electrons. The van der Waals surface area contributed by atoms with Crippen molar-refractivity contribution >= 4 is 11.9 Å². The summed E-state index contributed by atoms with van der Waals surface area (Å²) in [4.78, 5) is 21.7. The van der Waals surface area contributed by atoms with E-state index in [9.17, 15) is 9.59 Å². The van der Waals surface area contributed by atoms with E-state index in [4.69, 9.17) is 4.74 Å². The Hall–Kier alpha value is -1.84. The number of hydrogen-bond acceptors (Lipinski definition) is 3. The summed E-state index contributed by atoms with van der Waals surface area (Å²) in [6.07, 6.45) is 0. The average Bonchev–Trinajstić information content (AvgIpc) is 2.23. The lowest BCUT2D eigenvalue weighted by Gasteiger charge is -2.22. The standard InChI is InChI=1S/C10H9NO3/c12-9-10(13)14-6-8(11-9)7-4-2-1-3-5-7/h1-5,8H,6H2,(H,11,12)/t8-/m1/s1. The first-order chi connectivity index (χ1) is 6.77. The lowest BCUT2D eigenvalue weighted by molar-refractivity contribution is -0.160. The largest absolute Gasteiger partial charge is 0.456 e. The van der Waals surface area contributed by atoms with E-state index in [1.54, 1.807) is 0 Å². The van der Waals surface area contributed by atoms with Crippen molar-refractivity contribution in [2.45, 2.75) is 6.04 Å². The van der Waals surface area contributed by atoms with Crippen LogP contribution in [0.4, 0.5) is 0 Å². The maximum atomic E-state index is 11.0. The highest BCUT2D eigenvalue weighted by Gasteiger charge is 2.27. The van der Waals surface area contributed by atoms with Crippen LogP contribution in [0, 0.1) is 0 Å². The number of morpholine rings is 1. The predicted molar refractivity (Wildman–Crippen MR) is 48.3 cm³/mol. The van der Waals surface area contributed by atoms with Gasteiger partial charge < -0.3 is 10.1 Å². The minimum absolute atomic E-state index is 0.203. The summed E-state index contributed by atoms with van der Waals surface area (Å²) in [7, 11) is 0. The van der Waals surface area contributed by atoms with E-state index in [-0.39, 0.29) is 12.6 Å². The Morgan fingerprint density at radius 2 is 1.93 bits per heavy atom. The number of cyclic esters (lactones) is 1. The molecular weight excluding hydrogens is 182 g/mol. The first kappa shape index (κ1) is 8.74. The molecule has 1 fully saturated rings. The van der Waals surface area contributed by atoms with E-state index >= 15 is 0 Å². The maximum Gasteiger partial charge on any atom is 0.396 e. The van der Waals surface area contributed by atoms with Crippen LogP contribution in [0.1, 0.15) is 11.6 Å². The van der Waals surface area contributed by atoms with Crippen LogP contribution in [0.5, 0.6) is 0 Å². The fourth-order valence-electron chi connectivity index (χ4n) is 1.35. The second-order valence-electron chi connectivity index (χ2n) is 3.04. The molecule has 1 saturated heterocycles. The molecule has 0 aromatic heterocycles. The van der Waals surface area contributed by atoms with E-state index in [0.29, 0.717) is 0 Å². The molecule has 4 heteroatoms. The quantitative estimate of drug-likeness (QED) is 0.516. The summed E-state index contributed by atoms with van der Waals surface area (Å²) in [6.45, 7) is 0.203. The Morgan fingerprint density at radius 1 is 1.21 bits per heavy atom. The topological polar surface area (TPSA) is 55.4 Å². The molecule has 72 valence electrons. The highest BCUT2D eigenvalue weighted by molar-refractivity contribution is 6.33. The van der Waals surface area contributed by atoms with Gasteiger partial charge >= 0.3 is 11.9 Å². The minimum Gasteiger partial charge on any atom is -0.456 e. The molecule has 1 N–H and O–H groups in total. The second-order valence-corrected chi connectivity index (χ2v) is 3.04. The van der Waals surface area contributed by atoms with Crippen molar-refractivity contribution in [2.75, 3.05) is 6.61 Å². The molecule has 1 aliphatic heterocycles. The molecule has 0 aliphatic carbocycles. The minimum atomic E-state index is -0.808. The number of carbonyl (C=O) groups excluding carboxylic acids is 2. The molecule has 1 heterocycles. The van der Waals surface area contributed by atoms with Crippen molar-refractivity contribution in [3.8, 4) is 0 Å². The Balaban J connectivity index is 2.14. The first-order valence-electron chi connectivity index (χ1n) is 4.30. The van der Waals surface area contributed by atoms with E-state index in [1.807, 2.05) is 30.3 Å². The summed E-state index contributed by atoms with van der Waals surface area (Å²) in [5.74, 6) is -1.48. The molecule has 2 rings (SSSR count). The zero-order valence-electron chi connectivity index (χ0n) is 7.40. The Bertz CT molecular complexity index is 361. The molecule has 1 aromatic carbocycles. The van der Waals surface area contributed by atoms with Crippen LogP contribution in [-0.4, -0.2) is 18.5 Å². The zero-order chi connectivity index (χ0) is 9.97. The third-order valence-electron chi connectivity index (χ3n) is 2.07. The number of benzene rings is 1. The zero-order valence-corrected chi connectivity index (χ0v) is 7.40. The Morgan fingerprint density at radius 3 is 2.57 bits per heavy atom. The Kier molecular flexibility index (Phi) is 2.18. The van der Waals surface area contributed by atoms with Crippen LogP contribution in [-0.2, 0) is 14.3 Å². The van der Waals surface area contributed by atoms with Gasteiger partial charge in [0.2, 0.25) is 0 Å². The molecule has 1 atom stereocenters. The van der Waals surface area contributed by atoms with Crippen molar-refractivity contribution in [2.24, 2.45) is 0 Å². The molecule has 4 nitrogen and oxygen atoms in total. The predicted octanol–water partition coefficient (Wildman–Crippen LogP) is 0.401. The fourth-order valence-corrected chi connectivity index (χ4v) is 1.35. The van der Waals surface area contributed by atoms with Gasteiger partial charge in [-0.25, -0.2) is 4.79 Å². The second kappa shape index (κ2) is 3.49. The normalized spacial score (nSPS) is 21.3. The number of ether oxygens (including phenoxy) is 1. The number of esters is 1. The highest BCUT2D eigenvalue weighted by atomic mass is 16.5.